The van der Waals surface area contributed by atoms with Gasteiger partial charge in [0.2, 0.25) is 5.91 Å². The molecule has 0 aromatic heterocycles. The molecule has 0 bridgehead atoms. The number of carbonyl (C=O) groups excluding carboxylic acids is 4. The Labute approximate surface area is 180 Å². The third kappa shape index (κ3) is 5.79. The molecule has 1 fully saturated rings. The minimum atomic E-state index is -4.49. The van der Waals surface area contributed by atoms with Gasteiger partial charge in [-0.2, -0.15) is 5.01 Å². The molecule has 1 unspecified atom stereocenters. The highest BCUT2D eigenvalue weighted by Gasteiger charge is 2.55. The highest BCUT2D eigenvalue weighted by atomic mass is 79.9. The van der Waals surface area contributed by atoms with Gasteiger partial charge in [-0.1, -0.05) is 29.8 Å². The standard InChI is InChI=1S/C16H21BrN5O7P/c1-9(2)16(7-12(23)18-8-30(27,28)29)13(24)22(15(26)20-16)21-14(25)19-11-5-3-10(17)4-6-11/h3-6,9H,7-8H2,1-2H3,(H,18,23)(H,20,26)(H2,19,21,25)(H2,27,28,29). The van der Waals surface area contributed by atoms with E-state index < -0.39 is 55.6 Å². The van der Waals surface area contributed by atoms with E-state index in [1.807, 2.05) is 5.32 Å². The summed E-state index contributed by atoms with van der Waals surface area (Å²) in [6.07, 6.45) is -1.47. The van der Waals surface area contributed by atoms with Crippen LogP contribution in [0.4, 0.5) is 15.3 Å². The lowest BCUT2D eigenvalue weighted by molar-refractivity contribution is -0.137. The summed E-state index contributed by atoms with van der Waals surface area (Å²) in [6.45, 7) is 3.17. The van der Waals surface area contributed by atoms with Gasteiger partial charge in [0.25, 0.3) is 5.91 Å². The number of hydrogen-bond acceptors (Lipinski definition) is 5. The minimum Gasteiger partial charge on any atom is -0.344 e. The largest absolute Gasteiger partial charge is 0.344 e. The lowest BCUT2D eigenvalue weighted by Gasteiger charge is -2.30. The maximum absolute atomic E-state index is 12.9. The molecule has 1 aliphatic heterocycles. The Bertz CT molecular complexity index is 904. The number of benzene rings is 1. The third-order valence-electron chi connectivity index (χ3n) is 4.34. The molecule has 1 aliphatic rings. The van der Waals surface area contributed by atoms with Crippen LogP contribution in [0.2, 0.25) is 0 Å². The van der Waals surface area contributed by atoms with E-state index in [1.54, 1.807) is 38.1 Å². The molecule has 14 heteroatoms. The molecule has 0 spiro atoms. The number of halogens is 1. The fraction of sp³-hybridized carbons (Fsp3) is 0.375. The predicted octanol–water partition coefficient (Wildman–Crippen LogP) is 1.07. The van der Waals surface area contributed by atoms with E-state index in [-0.39, 0.29) is 0 Å². The van der Waals surface area contributed by atoms with Gasteiger partial charge in [0, 0.05) is 10.2 Å². The first-order valence-corrected chi connectivity index (χ1v) is 11.2. The van der Waals surface area contributed by atoms with Crippen molar-refractivity contribution in [1.82, 2.24) is 21.1 Å². The summed E-state index contributed by atoms with van der Waals surface area (Å²) in [6, 6.07) is 4.76. The van der Waals surface area contributed by atoms with Gasteiger partial charge in [-0.3, -0.25) is 14.2 Å². The topological polar surface area (TPSA) is 177 Å². The van der Waals surface area contributed by atoms with Gasteiger partial charge in [-0.05, 0) is 30.2 Å². The van der Waals surface area contributed by atoms with Gasteiger partial charge in [0.05, 0.1) is 6.42 Å². The molecule has 1 heterocycles. The van der Waals surface area contributed by atoms with Crippen LogP contribution in [0, 0.1) is 5.92 Å². The SMILES string of the molecule is CC(C)C1(CC(=O)NCP(=O)(O)O)NC(=O)N(NC(=O)Nc2ccc(Br)cc2)C1=O. The van der Waals surface area contributed by atoms with Crippen molar-refractivity contribution in [3.63, 3.8) is 0 Å². The highest BCUT2D eigenvalue weighted by molar-refractivity contribution is 9.10. The molecule has 0 radical (unpaired) electrons. The van der Waals surface area contributed by atoms with Crippen molar-refractivity contribution in [2.75, 3.05) is 11.6 Å². The van der Waals surface area contributed by atoms with Crippen molar-refractivity contribution >= 4 is 53.1 Å². The van der Waals surface area contributed by atoms with E-state index in [0.29, 0.717) is 10.7 Å². The first-order valence-electron chi connectivity index (χ1n) is 8.65. The van der Waals surface area contributed by atoms with Crippen LogP contribution in [0.25, 0.3) is 0 Å². The smallest absolute Gasteiger partial charge is 0.344 e. The maximum atomic E-state index is 12.9. The number of hydrogen-bond donors (Lipinski definition) is 6. The second-order valence-electron chi connectivity index (χ2n) is 6.87. The van der Waals surface area contributed by atoms with Crippen molar-refractivity contribution in [3.8, 4) is 0 Å². The van der Waals surface area contributed by atoms with E-state index in [0.717, 1.165) is 4.47 Å². The number of hydrazine groups is 1. The zero-order chi connectivity index (χ0) is 22.7. The Morgan fingerprint density at radius 2 is 1.83 bits per heavy atom. The monoisotopic (exact) mass is 505 g/mol. The molecule has 0 saturated carbocycles. The summed E-state index contributed by atoms with van der Waals surface area (Å²) in [7, 11) is -4.49. The number of amides is 6. The maximum Gasteiger partial charge on any atom is 0.344 e. The van der Waals surface area contributed by atoms with Crippen molar-refractivity contribution in [2.45, 2.75) is 25.8 Å². The van der Waals surface area contributed by atoms with Crippen LogP contribution in [0.5, 0.6) is 0 Å². The van der Waals surface area contributed by atoms with Gasteiger partial charge >= 0.3 is 19.7 Å². The molecule has 1 aromatic rings. The number of carbonyl (C=O) groups is 4. The molecule has 2 rings (SSSR count). The predicted molar refractivity (Wildman–Crippen MR) is 109 cm³/mol. The number of anilines is 1. The van der Waals surface area contributed by atoms with Crippen LogP contribution in [-0.2, 0) is 14.2 Å². The zero-order valence-electron chi connectivity index (χ0n) is 16.0. The second kappa shape index (κ2) is 9.13. The second-order valence-corrected chi connectivity index (χ2v) is 9.43. The van der Waals surface area contributed by atoms with Crippen LogP contribution in [0.15, 0.2) is 28.7 Å². The Morgan fingerprint density at radius 3 is 2.37 bits per heavy atom. The van der Waals surface area contributed by atoms with Gasteiger partial charge < -0.3 is 25.7 Å². The molecule has 30 heavy (non-hydrogen) atoms. The molecule has 1 atom stereocenters. The number of imide groups is 1. The fourth-order valence-corrected chi connectivity index (χ4v) is 3.36. The quantitative estimate of drug-likeness (QED) is 0.237. The number of nitrogens with one attached hydrogen (secondary N) is 4. The van der Waals surface area contributed by atoms with Crippen LogP contribution < -0.4 is 21.4 Å². The molecular formula is C16H21BrN5O7P. The van der Waals surface area contributed by atoms with E-state index in [2.05, 4.69) is 32.0 Å². The lowest BCUT2D eigenvalue weighted by atomic mass is 9.83. The van der Waals surface area contributed by atoms with E-state index >= 15 is 0 Å². The van der Waals surface area contributed by atoms with Crippen LogP contribution in [0.1, 0.15) is 20.3 Å². The number of urea groups is 2. The van der Waals surface area contributed by atoms with Crippen molar-refractivity contribution in [3.05, 3.63) is 28.7 Å². The summed E-state index contributed by atoms with van der Waals surface area (Å²) in [4.78, 5) is 67.3. The van der Waals surface area contributed by atoms with Gasteiger partial charge in [0.15, 0.2) is 0 Å². The lowest BCUT2D eigenvalue weighted by Crippen LogP contribution is -2.55. The summed E-state index contributed by atoms with van der Waals surface area (Å²) in [5.74, 6) is -2.29. The summed E-state index contributed by atoms with van der Waals surface area (Å²) >= 11 is 3.26. The average molecular weight is 506 g/mol. The van der Waals surface area contributed by atoms with Gasteiger partial charge in [-0.15, -0.1) is 0 Å². The highest BCUT2D eigenvalue weighted by Crippen LogP contribution is 2.33. The van der Waals surface area contributed by atoms with Crippen LogP contribution in [0.3, 0.4) is 0 Å². The molecule has 1 aromatic carbocycles. The fourth-order valence-electron chi connectivity index (χ4n) is 2.71. The summed E-state index contributed by atoms with van der Waals surface area (Å²) < 4.78 is 11.7. The molecule has 6 N–H and O–H groups in total. The van der Waals surface area contributed by atoms with Crippen molar-refractivity contribution in [2.24, 2.45) is 5.92 Å². The molecule has 0 aliphatic carbocycles. The van der Waals surface area contributed by atoms with E-state index in [9.17, 15) is 23.7 Å². The number of nitrogens with zero attached hydrogens (tertiary/aromatic N) is 1. The van der Waals surface area contributed by atoms with Gasteiger partial charge in [-0.25, -0.2) is 15.0 Å². The third-order valence-corrected chi connectivity index (χ3v) is 5.44. The molecule has 6 amide bonds. The first kappa shape index (κ1) is 23.8. The van der Waals surface area contributed by atoms with Crippen LogP contribution in [-0.4, -0.2) is 50.5 Å². The Kier molecular flexibility index (Phi) is 7.24. The van der Waals surface area contributed by atoms with Crippen molar-refractivity contribution in [1.29, 1.82) is 0 Å². The van der Waals surface area contributed by atoms with E-state index in [4.69, 9.17) is 9.79 Å². The molecule has 12 nitrogen and oxygen atoms in total. The van der Waals surface area contributed by atoms with Gasteiger partial charge in [0.1, 0.15) is 11.8 Å². The zero-order valence-corrected chi connectivity index (χ0v) is 18.5. The Hall–Kier alpha value is -2.47. The molecule has 1 saturated heterocycles. The minimum absolute atomic E-state index is 0.412. The van der Waals surface area contributed by atoms with Crippen LogP contribution >= 0.6 is 23.5 Å². The first-order chi connectivity index (χ1) is 13.8. The van der Waals surface area contributed by atoms with E-state index in [1.165, 1.54) is 0 Å². The number of rotatable bonds is 7. The molecular weight excluding hydrogens is 485 g/mol. The average Bonchev–Trinajstić information content (AvgIpc) is 2.86. The summed E-state index contributed by atoms with van der Waals surface area (Å²) in [5, 5.41) is 7.36. The summed E-state index contributed by atoms with van der Waals surface area (Å²) in [5.41, 5.74) is 0.853. The normalized spacial score (nSPS) is 18.9. The molecule has 164 valence electrons. The Balaban J connectivity index is 2.10. The Morgan fingerprint density at radius 1 is 1.23 bits per heavy atom. The van der Waals surface area contributed by atoms with Crippen molar-refractivity contribution < 1.29 is 33.5 Å².